The van der Waals surface area contributed by atoms with Crippen molar-refractivity contribution in [2.24, 2.45) is 0 Å². The predicted molar refractivity (Wildman–Crippen MR) is 308 cm³/mol. The molecule has 1 aromatic heterocycles. The van der Waals surface area contributed by atoms with Gasteiger partial charge in [-0.05, 0) is 217 Å². The van der Waals surface area contributed by atoms with E-state index in [0.29, 0.717) is 0 Å². The number of nitrogens with zero attached hydrogens (tertiary/aromatic N) is 2. The Bertz CT molecular complexity index is 3390. The highest BCUT2D eigenvalue weighted by Crippen LogP contribution is 2.56. The van der Waals surface area contributed by atoms with Crippen LogP contribution >= 0.6 is 11.3 Å². The summed E-state index contributed by atoms with van der Waals surface area (Å²) in [7, 11) is 0. The first kappa shape index (κ1) is 46.8. The molecule has 0 bridgehead atoms. The van der Waals surface area contributed by atoms with Crippen molar-refractivity contribution in [1.82, 2.24) is 0 Å². The largest absolute Gasteiger partial charge is 0.311 e. The van der Waals surface area contributed by atoms with E-state index in [1.54, 1.807) is 0 Å². The van der Waals surface area contributed by atoms with E-state index in [-0.39, 0.29) is 44.6 Å². The quantitative estimate of drug-likeness (QED) is 0.163. The summed E-state index contributed by atoms with van der Waals surface area (Å²) in [5.41, 5.74) is 25.2. The highest BCUT2D eigenvalue weighted by Gasteiger charge is 2.49. The molecule has 2 nitrogen and oxygen atoms in total. The fourth-order valence-electron chi connectivity index (χ4n) is 13.9. The highest BCUT2D eigenvalue weighted by atomic mass is 32.1. The van der Waals surface area contributed by atoms with Gasteiger partial charge in [-0.3, -0.25) is 0 Å². The SMILES string of the molecule is Cc1cc2c3c(c1)N(c1ccc(C(C)(C)C)cc1-c1cc#ccc1)c1c(sc4cc5c(cc14)C(C)(C)CCC5(C)C)B3c1cc3c(cc1N2c1ccc2c(c1)C(C)(C)CCC2(C)C)C(C)(C)CCC3(C)C. The van der Waals surface area contributed by atoms with Crippen molar-refractivity contribution in [1.29, 1.82) is 0 Å². The summed E-state index contributed by atoms with van der Waals surface area (Å²) in [6.45, 7) is 39.2. The van der Waals surface area contributed by atoms with Crippen LogP contribution in [0.5, 0.6) is 0 Å². The molecular formula is C67H75BN2S. The molecule has 7 aromatic rings. The Morgan fingerprint density at radius 2 is 1.07 bits per heavy atom. The molecule has 12 rings (SSSR count). The molecular weight excluding hydrogens is 876 g/mol. The molecule has 0 atom stereocenters. The second-order valence-corrected chi connectivity index (χ2v) is 28.8. The van der Waals surface area contributed by atoms with Crippen LogP contribution in [0.3, 0.4) is 0 Å². The zero-order valence-corrected chi connectivity index (χ0v) is 46.6. The molecule has 4 heteroatoms. The third-order valence-electron chi connectivity index (χ3n) is 18.9. The molecule has 0 fully saturated rings. The van der Waals surface area contributed by atoms with E-state index in [0.717, 1.165) is 5.56 Å². The van der Waals surface area contributed by atoms with Crippen molar-refractivity contribution in [3.8, 4) is 11.1 Å². The van der Waals surface area contributed by atoms with E-state index in [9.17, 15) is 0 Å². The van der Waals surface area contributed by atoms with Gasteiger partial charge in [-0.1, -0.05) is 134 Å². The lowest BCUT2D eigenvalue weighted by atomic mass is 9.35. The van der Waals surface area contributed by atoms with Crippen LogP contribution in [-0.2, 0) is 37.9 Å². The van der Waals surface area contributed by atoms with Crippen LogP contribution in [0.2, 0.25) is 0 Å². The molecule has 0 saturated heterocycles. The highest BCUT2D eigenvalue weighted by molar-refractivity contribution is 7.33. The fraction of sp³-hybridized carbons (Fsp3) is 0.433. The summed E-state index contributed by atoms with van der Waals surface area (Å²) in [5, 5.41) is 1.38. The van der Waals surface area contributed by atoms with E-state index in [2.05, 4.69) is 229 Å². The minimum Gasteiger partial charge on any atom is -0.311 e. The van der Waals surface area contributed by atoms with Gasteiger partial charge in [0.05, 0.1) is 11.4 Å². The molecule has 0 unspecified atom stereocenters. The minimum absolute atomic E-state index is 0.0323. The van der Waals surface area contributed by atoms with Gasteiger partial charge in [-0.25, -0.2) is 0 Å². The first-order chi connectivity index (χ1) is 33.2. The van der Waals surface area contributed by atoms with Crippen LogP contribution in [0.4, 0.5) is 34.1 Å². The molecule has 5 aliphatic rings. The van der Waals surface area contributed by atoms with Crippen LogP contribution in [0, 0.1) is 19.1 Å². The molecule has 0 N–H and O–H groups in total. The third-order valence-corrected chi connectivity index (χ3v) is 20.1. The number of anilines is 6. The van der Waals surface area contributed by atoms with Gasteiger partial charge in [0.25, 0.3) is 6.71 Å². The number of benzene rings is 5. The first-order valence-electron chi connectivity index (χ1n) is 26.9. The summed E-state index contributed by atoms with van der Waals surface area (Å²) in [6, 6.07) is 43.7. The fourth-order valence-corrected chi connectivity index (χ4v) is 15.3. The average Bonchev–Trinajstić information content (AvgIpc) is 3.68. The summed E-state index contributed by atoms with van der Waals surface area (Å²) in [6.07, 6.45) is 7.11. The molecule has 3 aliphatic carbocycles. The summed E-state index contributed by atoms with van der Waals surface area (Å²) >= 11 is 2.07. The Kier molecular flexibility index (Phi) is 9.85. The van der Waals surface area contributed by atoms with Crippen molar-refractivity contribution >= 4 is 78.0 Å². The van der Waals surface area contributed by atoms with Crippen LogP contribution in [0.15, 0.2) is 91.0 Å². The molecule has 2 aliphatic heterocycles. The number of fused-ring (bicyclic) bond motifs is 9. The minimum atomic E-state index is -0.0323. The molecule has 0 amide bonds. The number of aryl methyl sites for hydroxylation is 1. The van der Waals surface area contributed by atoms with E-state index < -0.39 is 0 Å². The lowest BCUT2D eigenvalue weighted by Crippen LogP contribution is -2.61. The normalized spacial score (nSPS) is 20.3. The topological polar surface area (TPSA) is 6.48 Å². The van der Waals surface area contributed by atoms with Crippen molar-refractivity contribution in [2.45, 2.75) is 187 Å². The molecule has 3 heterocycles. The third kappa shape index (κ3) is 6.94. The van der Waals surface area contributed by atoms with Crippen molar-refractivity contribution in [3.05, 3.63) is 148 Å². The van der Waals surface area contributed by atoms with Crippen LogP contribution in [0.25, 0.3) is 21.2 Å². The van der Waals surface area contributed by atoms with Gasteiger partial charge in [0.15, 0.2) is 0 Å². The number of thiophene rings is 1. The molecule has 71 heavy (non-hydrogen) atoms. The summed E-state index contributed by atoms with van der Waals surface area (Å²) in [4.78, 5) is 5.45. The predicted octanol–water partition coefficient (Wildman–Crippen LogP) is 16.9. The first-order valence-corrected chi connectivity index (χ1v) is 27.7. The number of hydrogen-bond acceptors (Lipinski definition) is 3. The maximum atomic E-state index is 3.36. The van der Waals surface area contributed by atoms with Crippen LogP contribution in [0.1, 0.15) is 187 Å². The maximum absolute atomic E-state index is 3.36. The second kappa shape index (κ2) is 14.9. The van der Waals surface area contributed by atoms with Gasteiger partial charge in [0.2, 0.25) is 0 Å². The van der Waals surface area contributed by atoms with Crippen molar-refractivity contribution in [3.63, 3.8) is 0 Å². The Hall–Kier alpha value is -5.24. The van der Waals surface area contributed by atoms with E-state index in [1.165, 1.54) is 149 Å². The Balaban J connectivity index is 1.24. The van der Waals surface area contributed by atoms with Gasteiger partial charge in [0.1, 0.15) is 0 Å². The zero-order chi connectivity index (χ0) is 50.3. The molecule has 0 spiro atoms. The van der Waals surface area contributed by atoms with Gasteiger partial charge in [0, 0.05) is 43.2 Å². The number of rotatable bonds is 3. The van der Waals surface area contributed by atoms with E-state index in [4.69, 9.17) is 0 Å². The van der Waals surface area contributed by atoms with Crippen LogP contribution in [-0.4, -0.2) is 6.71 Å². The number of hydrogen-bond donors (Lipinski definition) is 0. The Morgan fingerprint density at radius 3 is 1.66 bits per heavy atom. The van der Waals surface area contributed by atoms with Gasteiger partial charge < -0.3 is 9.80 Å². The molecule has 0 saturated carbocycles. The molecule has 0 radical (unpaired) electrons. The smallest absolute Gasteiger partial charge is 0.264 e. The van der Waals surface area contributed by atoms with E-state index >= 15 is 0 Å². The standard InChI is InChI=1S/C67H75BN2S/c1-40-32-55-58-56(33-40)70(53-25-22-42(61(2,3)4)34-44(53)41-20-18-17-19-21-41)59-45-36-48-51(67(15,16)31-28-64(48,9)10)39-57(45)71-60(59)68(58)52-37-49-50(66(13,14)30-29-65(49,11)12)38-54(52)69(55)43-23-24-46-47(35-43)63(7,8)27-26-62(46,5)6/h18,20-25,32-39H,26-31H2,1-16H3. The van der Waals surface area contributed by atoms with Crippen molar-refractivity contribution in [2.75, 3.05) is 9.80 Å². The van der Waals surface area contributed by atoms with Gasteiger partial charge in [-0.15, -0.1) is 11.3 Å². The van der Waals surface area contributed by atoms with Gasteiger partial charge in [-0.2, -0.15) is 0 Å². The Labute approximate surface area is 431 Å². The molecule has 362 valence electrons. The Morgan fingerprint density at radius 1 is 0.521 bits per heavy atom. The monoisotopic (exact) mass is 951 g/mol. The zero-order valence-electron chi connectivity index (χ0n) is 45.8. The maximum Gasteiger partial charge on any atom is 0.264 e. The summed E-state index contributed by atoms with van der Waals surface area (Å²) < 4.78 is 2.85. The second-order valence-electron chi connectivity index (χ2n) is 27.7. The van der Waals surface area contributed by atoms with Crippen molar-refractivity contribution < 1.29 is 0 Å². The van der Waals surface area contributed by atoms with Gasteiger partial charge >= 0.3 is 0 Å². The average molecular weight is 951 g/mol. The summed E-state index contributed by atoms with van der Waals surface area (Å²) in [5.74, 6) is 0. The van der Waals surface area contributed by atoms with Crippen LogP contribution < -0.4 is 25.5 Å². The molecule has 6 aromatic carbocycles. The lowest BCUT2D eigenvalue weighted by molar-refractivity contribution is 0.332. The lowest BCUT2D eigenvalue weighted by Gasteiger charge is -2.47. The van der Waals surface area contributed by atoms with E-state index in [1.807, 2.05) is 6.07 Å².